The van der Waals surface area contributed by atoms with Crippen molar-refractivity contribution in [2.24, 2.45) is 5.73 Å². The summed E-state index contributed by atoms with van der Waals surface area (Å²) in [5, 5.41) is 7.01. The Labute approximate surface area is 142 Å². The number of nitrogens with zero attached hydrogens (tertiary/aromatic N) is 2. The van der Waals surface area contributed by atoms with Gasteiger partial charge in [-0.1, -0.05) is 0 Å². The molecule has 0 fully saturated rings. The maximum atomic E-state index is 12.0. The molecule has 136 valence electrons. The van der Waals surface area contributed by atoms with Crippen LogP contribution in [0.3, 0.4) is 0 Å². The topological polar surface area (TPSA) is 108 Å². The molecule has 0 aliphatic carbocycles. The predicted octanol–water partition coefficient (Wildman–Crippen LogP) is 3.23. The smallest absolute Gasteiger partial charge is 0.412 e. The molecule has 1 aromatic heterocycles. The molecule has 8 heteroatoms. The first-order valence-corrected chi connectivity index (χ1v) is 7.85. The molecule has 0 saturated carbocycles. The minimum absolute atomic E-state index is 0.0681. The second-order valence-corrected chi connectivity index (χ2v) is 7.53. The highest BCUT2D eigenvalue weighted by atomic mass is 16.6. The van der Waals surface area contributed by atoms with Gasteiger partial charge in [-0.15, -0.1) is 0 Å². The van der Waals surface area contributed by atoms with Crippen molar-refractivity contribution in [1.82, 2.24) is 9.78 Å². The van der Waals surface area contributed by atoms with Crippen molar-refractivity contribution in [3.8, 4) is 0 Å². The molecule has 0 spiro atoms. The van der Waals surface area contributed by atoms with Gasteiger partial charge in [0.2, 0.25) is 0 Å². The lowest BCUT2D eigenvalue weighted by Crippen LogP contribution is -2.34. The molecule has 1 heterocycles. The van der Waals surface area contributed by atoms with E-state index < -0.39 is 23.4 Å². The summed E-state index contributed by atoms with van der Waals surface area (Å²) >= 11 is 0. The molecule has 8 nitrogen and oxygen atoms in total. The maximum Gasteiger partial charge on any atom is 0.412 e. The lowest BCUT2D eigenvalue weighted by Gasteiger charge is -2.26. The molecule has 0 saturated heterocycles. The Morgan fingerprint density at radius 2 is 1.83 bits per heavy atom. The van der Waals surface area contributed by atoms with E-state index in [2.05, 4.69) is 10.4 Å². The van der Waals surface area contributed by atoms with Gasteiger partial charge in [-0.05, 0) is 48.5 Å². The Hall–Kier alpha value is -2.25. The van der Waals surface area contributed by atoms with Crippen LogP contribution in [0.1, 0.15) is 60.2 Å². The molecule has 0 radical (unpaired) electrons. The van der Waals surface area contributed by atoms with Crippen LogP contribution in [0.25, 0.3) is 0 Å². The van der Waals surface area contributed by atoms with E-state index >= 15 is 0 Å². The number of carbonyl (C=O) groups excluding carboxylic acids is 2. The molecule has 0 unspecified atom stereocenters. The highest BCUT2D eigenvalue weighted by Gasteiger charge is 2.28. The van der Waals surface area contributed by atoms with Crippen LogP contribution in [-0.2, 0) is 15.9 Å². The SMILES string of the molecule is CC(C)n1ncc(NC(=O)OC(C)(C)C)c1CC(C)(C)OC(N)=O. The third-order valence-corrected chi connectivity index (χ3v) is 2.99. The van der Waals surface area contributed by atoms with E-state index in [1.54, 1.807) is 45.5 Å². The van der Waals surface area contributed by atoms with Crippen molar-refractivity contribution in [1.29, 1.82) is 0 Å². The fourth-order valence-electron chi connectivity index (χ4n) is 2.24. The van der Waals surface area contributed by atoms with Crippen LogP contribution in [0.4, 0.5) is 15.3 Å². The number of ether oxygens (including phenoxy) is 2. The van der Waals surface area contributed by atoms with Gasteiger partial charge >= 0.3 is 12.2 Å². The van der Waals surface area contributed by atoms with E-state index in [9.17, 15) is 9.59 Å². The summed E-state index contributed by atoms with van der Waals surface area (Å²) in [6, 6.07) is 0.0681. The summed E-state index contributed by atoms with van der Waals surface area (Å²) in [5.74, 6) is 0. The molecule has 2 amide bonds. The van der Waals surface area contributed by atoms with Crippen LogP contribution < -0.4 is 11.1 Å². The van der Waals surface area contributed by atoms with E-state index in [1.165, 1.54) is 0 Å². The van der Waals surface area contributed by atoms with Gasteiger partial charge in [0.05, 0.1) is 17.6 Å². The average molecular weight is 340 g/mol. The number of nitrogens with two attached hydrogens (primary N) is 1. The Morgan fingerprint density at radius 3 is 2.29 bits per heavy atom. The fraction of sp³-hybridized carbons (Fsp3) is 0.688. The number of hydrogen-bond donors (Lipinski definition) is 2. The van der Waals surface area contributed by atoms with Crippen molar-refractivity contribution in [3.05, 3.63) is 11.9 Å². The van der Waals surface area contributed by atoms with Gasteiger partial charge in [0.15, 0.2) is 0 Å². The van der Waals surface area contributed by atoms with Crippen molar-refractivity contribution >= 4 is 17.9 Å². The van der Waals surface area contributed by atoms with Crippen LogP contribution in [0.15, 0.2) is 6.20 Å². The number of primary amides is 1. The highest BCUT2D eigenvalue weighted by Crippen LogP contribution is 2.26. The third-order valence-electron chi connectivity index (χ3n) is 2.99. The number of rotatable bonds is 5. The fourth-order valence-corrected chi connectivity index (χ4v) is 2.24. The van der Waals surface area contributed by atoms with E-state index in [-0.39, 0.29) is 6.04 Å². The number of carbonyl (C=O) groups is 2. The third kappa shape index (κ3) is 6.10. The number of hydrogen-bond acceptors (Lipinski definition) is 5. The Balaban J connectivity index is 3.06. The van der Waals surface area contributed by atoms with E-state index in [4.69, 9.17) is 15.2 Å². The molecule has 3 N–H and O–H groups in total. The van der Waals surface area contributed by atoms with Gasteiger partial charge in [0, 0.05) is 12.5 Å². The molecular weight excluding hydrogens is 312 g/mol. The zero-order chi connectivity index (χ0) is 18.7. The first kappa shape index (κ1) is 19.8. The molecule has 0 aromatic carbocycles. The van der Waals surface area contributed by atoms with Crippen molar-refractivity contribution < 1.29 is 19.1 Å². The van der Waals surface area contributed by atoms with Crippen molar-refractivity contribution in [2.45, 2.75) is 72.1 Å². The molecule has 0 atom stereocenters. The Morgan fingerprint density at radius 1 is 1.25 bits per heavy atom. The van der Waals surface area contributed by atoms with Crippen LogP contribution in [0, 0.1) is 0 Å². The van der Waals surface area contributed by atoms with E-state index in [0.29, 0.717) is 12.1 Å². The summed E-state index contributed by atoms with van der Waals surface area (Å²) in [6.07, 6.45) is 0.469. The van der Waals surface area contributed by atoms with Gasteiger partial charge in [-0.25, -0.2) is 9.59 Å². The summed E-state index contributed by atoms with van der Waals surface area (Å²) in [4.78, 5) is 23.1. The highest BCUT2D eigenvalue weighted by molar-refractivity contribution is 5.85. The molecular formula is C16H28N4O4. The maximum absolute atomic E-state index is 12.0. The average Bonchev–Trinajstić information content (AvgIpc) is 2.66. The first-order chi connectivity index (χ1) is 10.8. The molecule has 0 aliphatic heterocycles. The predicted molar refractivity (Wildman–Crippen MR) is 90.9 cm³/mol. The van der Waals surface area contributed by atoms with E-state index in [1.807, 2.05) is 13.8 Å². The largest absolute Gasteiger partial charge is 0.444 e. The molecule has 1 aromatic rings. The monoisotopic (exact) mass is 340 g/mol. The minimum Gasteiger partial charge on any atom is -0.444 e. The number of aromatic nitrogens is 2. The number of amides is 2. The molecule has 0 aliphatic rings. The quantitative estimate of drug-likeness (QED) is 0.855. The molecule has 1 rings (SSSR count). The zero-order valence-electron chi connectivity index (χ0n) is 15.5. The molecule has 24 heavy (non-hydrogen) atoms. The minimum atomic E-state index is -0.850. The Kier molecular flexibility index (Phi) is 5.86. The molecule has 0 bridgehead atoms. The van der Waals surface area contributed by atoms with Crippen LogP contribution in [-0.4, -0.2) is 33.2 Å². The summed E-state index contributed by atoms with van der Waals surface area (Å²) in [5.41, 5.74) is 4.91. The Bertz CT molecular complexity index is 600. The second-order valence-electron chi connectivity index (χ2n) is 7.53. The zero-order valence-corrected chi connectivity index (χ0v) is 15.5. The summed E-state index contributed by atoms with van der Waals surface area (Å²) in [7, 11) is 0. The van der Waals surface area contributed by atoms with Gasteiger partial charge in [0.1, 0.15) is 11.2 Å². The standard InChI is InChI=1S/C16H28N4O4/c1-10(2)20-12(8-16(6,7)23-13(17)21)11(9-18-20)19-14(22)24-15(3,4)5/h9-10H,8H2,1-7H3,(H2,17,21)(H,19,22). The van der Waals surface area contributed by atoms with Crippen LogP contribution >= 0.6 is 0 Å². The second kappa shape index (κ2) is 7.11. The normalized spacial score (nSPS) is 12.2. The van der Waals surface area contributed by atoms with Gasteiger partial charge in [-0.3, -0.25) is 10.00 Å². The summed E-state index contributed by atoms with van der Waals surface area (Å²) < 4.78 is 12.2. The number of nitrogens with one attached hydrogen (secondary N) is 1. The van der Waals surface area contributed by atoms with Gasteiger partial charge in [-0.2, -0.15) is 5.10 Å². The summed E-state index contributed by atoms with van der Waals surface area (Å²) in [6.45, 7) is 12.8. The van der Waals surface area contributed by atoms with E-state index in [0.717, 1.165) is 5.69 Å². The van der Waals surface area contributed by atoms with Gasteiger partial charge in [0.25, 0.3) is 0 Å². The number of anilines is 1. The lowest BCUT2D eigenvalue weighted by molar-refractivity contribution is 0.0441. The van der Waals surface area contributed by atoms with Crippen molar-refractivity contribution in [2.75, 3.05) is 5.32 Å². The van der Waals surface area contributed by atoms with Gasteiger partial charge < -0.3 is 15.2 Å². The lowest BCUT2D eigenvalue weighted by atomic mass is 10.0. The first-order valence-electron chi connectivity index (χ1n) is 7.85. The van der Waals surface area contributed by atoms with Crippen molar-refractivity contribution in [3.63, 3.8) is 0 Å². The van der Waals surface area contributed by atoms with Crippen LogP contribution in [0.2, 0.25) is 0 Å². The van der Waals surface area contributed by atoms with Crippen LogP contribution in [0.5, 0.6) is 0 Å².